The van der Waals surface area contributed by atoms with Gasteiger partial charge in [-0.15, -0.1) is 0 Å². The van der Waals surface area contributed by atoms with Gasteiger partial charge >= 0.3 is 0 Å². The lowest BCUT2D eigenvalue weighted by Gasteiger charge is -2.24. The molecule has 2 atom stereocenters. The molecule has 0 aromatic heterocycles. The number of nitrogens with two attached hydrogens (primary N) is 2. The Morgan fingerprint density at radius 2 is 1.38 bits per heavy atom. The van der Waals surface area contributed by atoms with Gasteiger partial charge in [0.15, 0.2) is 0 Å². The van der Waals surface area contributed by atoms with E-state index in [4.69, 9.17) is 11.5 Å². The highest BCUT2D eigenvalue weighted by Crippen LogP contribution is 2.27. The summed E-state index contributed by atoms with van der Waals surface area (Å²) in [5.74, 6) is 0. The van der Waals surface area contributed by atoms with Crippen molar-refractivity contribution in [3.05, 3.63) is 102 Å². The minimum Gasteiger partial charge on any atom is -0.319 e. The van der Waals surface area contributed by atoms with Crippen LogP contribution in [0.4, 0.5) is 0 Å². The van der Waals surface area contributed by atoms with Crippen LogP contribution in [0.5, 0.6) is 0 Å². The van der Waals surface area contributed by atoms with E-state index >= 15 is 0 Å². The van der Waals surface area contributed by atoms with E-state index in [9.17, 15) is 0 Å². The molecule has 0 radical (unpaired) electrons. The Balaban J connectivity index is 1.72. The van der Waals surface area contributed by atoms with Gasteiger partial charge in [0.1, 0.15) is 0 Å². The van der Waals surface area contributed by atoms with Crippen molar-refractivity contribution in [3.8, 4) is 0 Å². The highest BCUT2D eigenvalue weighted by molar-refractivity contribution is 5.76. The first kappa shape index (κ1) is 21.3. The molecule has 1 aromatic carbocycles. The SMILES string of the molecule is CC1(N)C=CC=CC(c2ccc(CCC3=C/C(C)(N)/C=C\C(C)(C)/C=C\3)cc2)=C1. The zero-order chi connectivity index (χ0) is 21.1. The van der Waals surface area contributed by atoms with Crippen molar-refractivity contribution in [2.45, 2.75) is 51.6 Å². The van der Waals surface area contributed by atoms with Crippen molar-refractivity contribution >= 4 is 5.57 Å². The first-order valence-electron chi connectivity index (χ1n) is 10.4. The van der Waals surface area contributed by atoms with E-state index in [1.54, 1.807) is 0 Å². The molecule has 2 aliphatic rings. The standard InChI is InChI=1S/C27H34N2/c1-25(2)16-14-22(19-27(4,29)18-17-25)9-8-21-10-12-23(13-11-21)24-7-5-6-15-26(3,28)20-24/h5-7,10-20H,8-9,28-29H2,1-4H3/b16-14-,18-17-,22-19-. The predicted octanol–water partition coefficient (Wildman–Crippen LogP) is 5.64. The molecule has 0 bridgehead atoms. The summed E-state index contributed by atoms with van der Waals surface area (Å²) in [6, 6.07) is 8.81. The fourth-order valence-corrected chi connectivity index (χ4v) is 3.61. The van der Waals surface area contributed by atoms with Crippen LogP contribution in [0.15, 0.2) is 90.6 Å². The molecule has 0 aliphatic heterocycles. The molecule has 2 aliphatic carbocycles. The van der Waals surface area contributed by atoms with Crippen molar-refractivity contribution in [1.82, 2.24) is 0 Å². The van der Waals surface area contributed by atoms with E-state index in [1.165, 1.54) is 16.7 Å². The van der Waals surface area contributed by atoms with Crippen LogP contribution in [0, 0.1) is 5.41 Å². The van der Waals surface area contributed by atoms with Crippen LogP contribution >= 0.6 is 0 Å². The molecule has 0 spiro atoms. The topological polar surface area (TPSA) is 52.0 Å². The van der Waals surface area contributed by atoms with Crippen molar-refractivity contribution in [2.24, 2.45) is 16.9 Å². The number of hydrogen-bond donors (Lipinski definition) is 2. The lowest BCUT2D eigenvalue weighted by molar-refractivity contribution is 0.604. The second kappa shape index (κ2) is 8.14. The molecule has 29 heavy (non-hydrogen) atoms. The fourth-order valence-electron chi connectivity index (χ4n) is 3.61. The maximum Gasteiger partial charge on any atom is 0.0508 e. The Bertz CT molecular complexity index is 914. The number of rotatable bonds is 4. The van der Waals surface area contributed by atoms with Gasteiger partial charge in [-0.25, -0.2) is 0 Å². The van der Waals surface area contributed by atoms with Crippen LogP contribution in [0.3, 0.4) is 0 Å². The average molecular weight is 387 g/mol. The predicted molar refractivity (Wildman–Crippen MR) is 126 cm³/mol. The monoisotopic (exact) mass is 386 g/mol. The lowest BCUT2D eigenvalue weighted by Crippen LogP contribution is -2.32. The van der Waals surface area contributed by atoms with Gasteiger partial charge in [-0.1, -0.05) is 98.9 Å². The zero-order valence-electron chi connectivity index (χ0n) is 18.2. The smallest absolute Gasteiger partial charge is 0.0508 e. The summed E-state index contributed by atoms with van der Waals surface area (Å²) in [7, 11) is 0. The molecule has 2 nitrogen and oxygen atoms in total. The average Bonchev–Trinajstić information content (AvgIpc) is 2.83. The molecule has 2 unspecified atom stereocenters. The zero-order valence-corrected chi connectivity index (χ0v) is 18.2. The highest BCUT2D eigenvalue weighted by atomic mass is 14.7. The first-order valence-corrected chi connectivity index (χ1v) is 10.4. The van der Waals surface area contributed by atoms with E-state index < -0.39 is 11.1 Å². The van der Waals surface area contributed by atoms with Gasteiger partial charge in [0.2, 0.25) is 0 Å². The summed E-state index contributed by atoms with van der Waals surface area (Å²) in [5, 5.41) is 0. The number of hydrogen-bond acceptors (Lipinski definition) is 2. The third-order valence-corrected chi connectivity index (χ3v) is 5.39. The lowest BCUT2D eigenvalue weighted by atomic mass is 9.85. The number of aryl methyl sites for hydroxylation is 1. The molecular weight excluding hydrogens is 352 g/mol. The summed E-state index contributed by atoms with van der Waals surface area (Å²) in [6.07, 6.45) is 23.2. The second-order valence-corrected chi connectivity index (χ2v) is 9.45. The molecule has 0 heterocycles. The largest absolute Gasteiger partial charge is 0.319 e. The van der Waals surface area contributed by atoms with E-state index in [2.05, 4.69) is 87.6 Å². The van der Waals surface area contributed by atoms with Crippen LogP contribution in [0.25, 0.3) is 5.57 Å². The van der Waals surface area contributed by atoms with Crippen LogP contribution in [0.2, 0.25) is 0 Å². The Kier molecular flexibility index (Phi) is 5.97. The number of allylic oxidation sites excluding steroid dienone is 8. The van der Waals surface area contributed by atoms with Gasteiger partial charge in [-0.2, -0.15) is 0 Å². The number of benzene rings is 1. The normalized spacial score (nSPS) is 32.3. The minimum absolute atomic E-state index is 0.0219. The molecule has 0 saturated carbocycles. The molecule has 0 saturated heterocycles. The van der Waals surface area contributed by atoms with Crippen LogP contribution in [-0.2, 0) is 6.42 Å². The van der Waals surface area contributed by atoms with Gasteiger partial charge in [-0.3, -0.25) is 0 Å². The van der Waals surface area contributed by atoms with Gasteiger partial charge in [0.05, 0.1) is 11.1 Å². The molecule has 152 valence electrons. The summed E-state index contributed by atoms with van der Waals surface area (Å²) in [5.41, 5.74) is 16.9. The van der Waals surface area contributed by atoms with Gasteiger partial charge in [0.25, 0.3) is 0 Å². The van der Waals surface area contributed by atoms with E-state index in [-0.39, 0.29) is 5.41 Å². The molecule has 1 aromatic rings. The van der Waals surface area contributed by atoms with Crippen LogP contribution in [0.1, 0.15) is 45.2 Å². The van der Waals surface area contributed by atoms with Gasteiger partial charge in [-0.05, 0) is 49.0 Å². The molecule has 3 rings (SSSR count). The Labute approximate surface area is 176 Å². The van der Waals surface area contributed by atoms with E-state index in [0.717, 1.165) is 18.4 Å². The summed E-state index contributed by atoms with van der Waals surface area (Å²) in [4.78, 5) is 0. The second-order valence-electron chi connectivity index (χ2n) is 9.45. The highest BCUT2D eigenvalue weighted by Gasteiger charge is 2.18. The van der Waals surface area contributed by atoms with Crippen molar-refractivity contribution in [2.75, 3.05) is 0 Å². The Morgan fingerprint density at radius 3 is 2.10 bits per heavy atom. The van der Waals surface area contributed by atoms with Crippen molar-refractivity contribution < 1.29 is 0 Å². The first-order chi connectivity index (χ1) is 13.5. The third-order valence-electron chi connectivity index (χ3n) is 5.39. The molecule has 0 amide bonds. The van der Waals surface area contributed by atoms with Crippen molar-refractivity contribution in [3.63, 3.8) is 0 Å². The molecule has 4 N–H and O–H groups in total. The maximum atomic E-state index is 6.44. The van der Waals surface area contributed by atoms with Crippen molar-refractivity contribution in [1.29, 1.82) is 0 Å². The Morgan fingerprint density at radius 1 is 0.690 bits per heavy atom. The Hall–Kier alpha value is -2.42. The summed E-state index contributed by atoms with van der Waals surface area (Å²) < 4.78 is 0. The summed E-state index contributed by atoms with van der Waals surface area (Å²) in [6.45, 7) is 8.48. The quantitative estimate of drug-likeness (QED) is 0.658. The van der Waals surface area contributed by atoms with Gasteiger partial charge < -0.3 is 11.5 Å². The van der Waals surface area contributed by atoms with Gasteiger partial charge in [0, 0.05) is 5.41 Å². The fraction of sp³-hybridized carbons (Fsp3) is 0.333. The van der Waals surface area contributed by atoms with Crippen LogP contribution < -0.4 is 11.5 Å². The third kappa shape index (κ3) is 6.28. The molecule has 0 fully saturated rings. The molecular formula is C27H34N2. The molecule has 2 heteroatoms. The maximum absolute atomic E-state index is 6.44. The summed E-state index contributed by atoms with van der Waals surface area (Å²) >= 11 is 0. The van der Waals surface area contributed by atoms with E-state index in [1.807, 2.05) is 25.2 Å². The minimum atomic E-state index is -0.425. The van der Waals surface area contributed by atoms with Crippen LogP contribution in [-0.4, -0.2) is 11.1 Å². The van der Waals surface area contributed by atoms with E-state index in [0.29, 0.717) is 0 Å².